The molecule has 33 heavy (non-hydrogen) atoms. The molecule has 0 aliphatic heterocycles. The van der Waals surface area contributed by atoms with E-state index in [2.05, 4.69) is 16.0 Å². The number of amides is 3. The molecule has 1 atom stereocenters. The number of methoxy groups -OCH3 is 1. The Morgan fingerprint density at radius 1 is 1.09 bits per heavy atom. The van der Waals surface area contributed by atoms with Gasteiger partial charge in [-0.15, -0.1) is 0 Å². The molecule has 0 aliphatic rings. The van der Waals surface area contributed by atoms with E-state index < -0.39 is 23.5 Å². The van der Waals surface area contributed by atoms with Gasteiger partial charge in [-0.25, -0.2) is 8.78 Å². The van der Waals surface area contributed by atoms with E-state index >= 15 is 4.39 Å². The van der Waals surface area contributed by atoms with Crippen molar-refractivity contribution in [2.24, 2.45) is 5.92 Å². The van der Waals surface area contributed by atoms with E-state index in [1.165, 1.54) is 37.4 Å². The molecule has 0 bridgehead atoms. The zero-order chi connectivity index (χ0) is 24.2. The van der Waals surface area contributed by atoms with Crippen LogP contribution < -0.4 is 20.7 Å². The highest BCUT2D eigenvalue weighted by Crippen LogP contribution is 2.30. The quantitative estimate of drug-likeness (QED) is 0.242. The molecule has 0 unspecified atom stereocenters. The maximum atomic E-state index is 15.1. The maximum absolute atomic E-state index is 15.1. The van der Waals surface area contributed by atoms with Crippen molar-refractivity contribution in [3.63, 3.8) is 0 Å². The number of rotatable bonds is 13. The number of ether oxygens (including phenoxy) is 1. The van der Waals surface area contributed by atoms with Crippen LogP contribution in [0.4, 0.5) is 8.78 Å². The Bertz CT molecular complexity index is 969. The van der Waals surface area contributed by atoms with Crippen molar-refractivity contribution in [1.82, 2.24) is 16.0 Å². The predicted molar refractivity (Wildman–Crippen MR) is 121 cm³/mol. The molecule has 0 spiro atoms. The zero-order valence-corrected chi connectivity index (χ0v) is 18.8. The highest BCUT2D eigenvalue weighted by atomic mass is 19.1. The second kappa shape index (κ2) is 13.1. The summed E-state index contributed by atoms with van der Waals surface area (Å²) in [6, 6.07) is 8.01. The normalized spacial score (nSPS) is 11.4. The molecule has 0 saturated heterocycles. The topological polar surface area (TPSA) is 96.5 Å². The van der Waals surface area contributed by atoms with Gasteiger partial charge in [-0.1, -0.05) is 38.3 Å². The highest BCUT2D eigenvalue weighted by Gasteiger charge is 2.20. The Morgan fingerprint density at radius 3 is 2.58 bits per heavy atom. The summed E-state index contributed by atoms with van der Waals surface area (Å²) in [5, 5.41) is 7.53. The molecule has 9 heteroatoms. The smallest absolute Gasteiger partial charge is 0.255 e. The molecule has 0 aliphatic carbocycles. The van der Waals surface area contributed by atoms with Crippen LogP contribution in [0.5, 0.6) is 5.75 Å². The van der Waals surface area contributed by atoms with Gasteiger partial charge in [0.05, 0.1) is 25.3 Å². The van der Waals surface area contributed by atoms with Crippen LogP contribution in [0.25, 0.3) is 11.1 Å². The van der Waals surface area contributed by atoms with Crippen molar-refractivity contribution in [2.45, 2.75) is 32.6 Å². The molecule has 0 radical (unpaired) electrons. The Kier molecular flexibility index (Phi) is 10.3. The maximum Gasteiger partial charge on any atom is 0.255 e. The van der Waals surface area contributed by atoms with E-state index in [1.54, 1.807) is 0 Å². The van der Waals surface area contributed by atoms with E-state index in [0.717, 1.165) is 25.3 Å². The van der Waals surface area contributed by atoms with Crippen LogP contribution in [0.15, 0.2) is 36.4 Å². The molecular formula is C24H29F2N3O4. The standard InChI is InChI=1S/C24H29F2N3O4/c1-3-4-5-7-16(13-27-15-30)23(31)28-14-29-24(32)19-9-6-8-18(22(19)26)20-12-17(33-2)10-11-21(20)25/h6,8-12,15-16H,3-5,7,13-14H2,1-2H3,(H,27,30)(H,28,31)(H,29,32)/t16-/m1/s1. The second-order valence-electron chi connectivity index (χ2n) is 7.46. The third-order valence-electron chi connectivity index (χ3n) is 5.19. The lowest BCUT2D eigenvalue weighted by Gasteiger charge is -2.17. The molecular weight excluding hydrogens is 432 g/mol. The Labute approximate surface area is 191 Å². The predicted octanol–water partition coefficient (Wildman–Crippen LogP) is 3.39. The first-order valence-corrected chi connectivity index (χ1v) is 10.8. The summed E-state index contributed by atoms with van der Waals surface area (Å²) in [4.78, 5) is 35.5. The summed E-state index contributed by atoms with van der Waals surface area (Å²) in [5.41, 5.74) is -0.405. The van der Waals surface area contributed by atoms with Crippen molar-refractivity contribution in [1.29, 1.82) is 0 Å². The second-order valence-corrected chi connectivity index (χ2v) is 7.46. The van der Waals surface area contributed by atoms with Gasteiger partial charge >= 0.3 is 0 Å². The molecule has 178 valence electrons. The fourth-order valence-electron chi connectivity index (χ4n) is 3.36. The summed E-state index contributed by atoms with van der Waals surface area (Å²) < 4.78 is 34.4. The van der Waals surface area contributed by atoms with Gasteiger partial charge < -0.3 is 20.7 Å². The van der Waals surface area contributed by atoms with Crippen LogP contribution in [0, 0.1) is 17.6 Å². The number of nitrogens with one attached hydrogen (secondary N) is 3. The van der Waals surface area contributed by atoms with Crippen molar-refractivity contribution >= 4 is 18.2 Å². The van der Waals surface area contributed by atoms with Crippen LogP contribution >= 0.6 is 0 Å². The number of carbonyl (C=O) groups is 3. The van der Waals surface area contributed by atoms with Crippen LogP contribution in [0.1, 0.15) is 43.0 Å². The lowest BCUT2D eigenvalue weighted by atomic mass is 10.0. The molecule has 0 heterocycles. The van der Waals surface area contributed by atoms with Gasteiger partial charge in [0, 0.05) is 17.7 Å². The summed E-state index contributed by atoms with van der Waals surface area (Å²) in [5.74, 6) is -2.71. The van der Waals surface area contributed by atoms with Crippen molar-refractivity contribution in [3.8, 4) is 16.9 Å². The number of carbonyl (C=O) groups excluding carboxylic acids is 3. The molecule has 2 aromatic rings. The fourth-order valence-corrected chi connectivity index (χ4v) is 3.36. The third kappa shape index (κ3) is 7.27. The van der Waals surface area contributed by atoms with Crippen LogP contribution in [0.2, 0.25) is 0 Å². The first-order chi connectivity index (χ1) is 15.9. The van der Waals surface area contributed by atoms with Gasteiger partial charge in [-0.3, -0.25) is 14.4 Å². The largest absolute Gasteiger partial charge is 0.497 e. The Morgan fingerprint density at radius 2 is 1.88 bits per heavy atom. The summed E-state index contributed by atoms with van der Waals surface area (Å²) in [6.07, 6.45) is 3.92. The highest BCUT2D eigenvalue weighted by molar-refractivity contribution is 5.96. The molecule has 0 aromatic heterocycles. The minimum atomic E-state index is -0.888. The van der Waals surface area contributed by atoms with E-state index in [9.17, 15) is 18.8 Å². The summed E-state index contributed by atoms with van der Waals surface area (Å²) >= 11 is 0. The lowest BCUT2D eigenvalue weighted by molar-refractivity contribution is -0.125. The van der Waals surface area contributed by atoms with E-state index in [4.69, 9.17) is 4.74 Å². The molecule has 0 saturated carbocycles. The number of hydrogen-bond donors (Lipinski definition) is 3. The van der Waals surface area contributed by atoms with E-state index in [0.29, 0.717) is 18.6 Å². The zero-order valence-electron chi connectivity index (χ0n) is 18.8. The Hall–Kier alpha value is -3.49. The van der Waals surface area contributed by atoms with Crippen LogP contribution in [-0.2, 0) is 9.59 Å². The monoisotopic (exact) mass is 461 g/mol. The van der Waals surface area contributed by atoms with Gasteiger partial charge in [0.1, 0.15) is 17.4 Å². The fraction of sp³-hybridized carbons (Fsp3) is 0.375. The number of benzene rings is 2. The van der Waals surface area contributed by atoms with Crippen molar-refractivity contribution in [2.75, 3.05) is 20.3 Å². The molecule has 2 aromatic carbocycles. The van der Waals surface area contributed by atoms with E-state index in [-0.39, 0.29) is 35.8 Å². The van der Waals surface area contributed by atoms with Crippen molar-refractivity contribution < 1.29 is 27.9 Å². The first-order valence-electron chi connectivity index (χ1n) is 10.8. The van der Waals surface area contributed by atoms with Gasteiger partial charge in [0.2, 0.25) is 12.3 Å². The lowest BCUT2D eigenvalue weighted by Crippen LogP contribution is -2.42. The minimum Gasteiger partial charge on any atom is -0.497 e. The average Bonchev–Trinajstić information content (AvgIpc) is 2.81. The number of unbranched alkanes of at least 4 members (excludes halogenated alkanes) is 2. The van der Waals surface area contributed by atoms with Crippen LogP contribution in [-0.4, -0.2) is 38.5 Å². The first kappa shape index (κ1) is 25.8. The SMILES string of the molecule is CCCCC[C@H](CNC=O)C(=O)NCNC(=O)c1cccc(-c2cc(OC)ccc2F)c1F. The summed E-state index contributed by atoms with van der Waals surface area (Å²) in [6.45, 7) is 2.01. The van der Waals surface area contributed by atoms with Gasteiger partial charge in [-0.2, -0.15) is 0 Å². The Balaban J connectivity index is 2.05. The minimum absolute atomic E-state index is 0.0348. The van der Waals surface area contributed by atoms with Crippen LogP contribution in [0.3, 0.4) is 0 Å². The molecule has 0 fully saturated rings. The number of halogens is 2. The summed E-state index contributed by atoms with van der Waals surface area (Å²) in [7, 11) is 1.41. The van der Waals surface area contributed by atoms with Crippen molar-refractivity contribution in [3.05, 3.63) is 53.6 Å². The van der Waals surface area contributed by atoms with Gasteiger partial charge in [-0.05, 0) is 30.7 Å². The van der Waals surface area contributed by atoms with Gasteiger partial charge in [0.25, 0.3) is 5.91 Å². The average molecular weight is 462 g/mol. The molecule has 7 nitrogen and oxygen atoms in total. The molecule has 2 rings (SSSR count). The number of hydrogen-bond acceptors (Lipinski definition) is 4. The molecule has 3 amide bonds. The van der Waals surface area contributed by atoms with Gasteiger partial charge in [0.15, 0.2) is 0 Å². The van der Waals surface area contributed by atoms with E-state index in [1.807, 2.05) is 6.92 Å². The third-order valence-corrected chi connectivity index (χ3v) is 5.19. The molecule has 3 N–H and O–H groups in total.